The zero-order valence-corrected chi connectivity index (χ0v) is 17.9. The second-order valence-electron chi connectivity index (χ2n) is 5.53. The van der Waals surface area contributed by atoms with E-state index in [-0.39, 0.29) is 21.7 Å². The average Bonchev–Trinajstić information content (AvgIpc) is 2.66. The van der Waals surface area contributed by atoms with Crippen molar-refractivity contribution in [2.45, 2.75) is 19.8 Å². The molecule has 0 aliphatic carbocycles. The second-order valence-corrected chi connectivity index (χ2v) is 5.53. The predicted molar refractivity (Wildman–Crippen MR) is 115 cm³/mol. The Morgan fingerprint density at radius 2 is 0.852 bits per heavy atom. The molecule has 0 amide bonds. The SMILES string of the molecule is CCCCO.[CH2-]c1ccccc1.[CH2-]c1ccccc1.[CH2-]c1ccccc1.[Ti+3]. The molecule has 1 nitrogen and oxygen atoms in total. The molecule has 0 aromatic heterocycles. The van der Waals surface area contributed by atoms with Crippen LogP contribution in [0.3, 0.4) is 0 Å². The first kappa shape index (κ1) is 27.2. The summed E-state index contributed by atoms with van der Waals surface area (Å²) < 4.78 is 0. The molecule has 0 unspecified atom stereocenters. The largest absolute Gasteiger partial charge is 3.00 e. The molecule has 0 fully saturated rings. The molecule has 2 heteroatoms. The predicted octanol–water partition coefficient (Wildman–Crippen LogP) is 6.38. The van der Waals surface area contributed by atoms with E-state index in [1.165, 1.54) is 0 Å². The molecule has 0 saturated carbocycles. The standard InChI is InChI=1S/3C7H7.C4H10O.Ti/c3*1-7-5-3-2-4-6-7;1-2-3-4-5;/h3*2-6H,1H2;5H,2-4H2,1H3;/q3*-1;;+3. The van der Waals surface area contributed by atoms with Crippen molar-refractivity contribution in [3.05, 3.63) is 128 Å². The van der Waals surface area contributed by atoms with Crippen LogP contribution < -0.4 is 0 Å². The van der Waals surface area contributed by atoms with Crippen molar-refractivity contribution < 1.29 is 26.8 Å². The van der Waals surface area contributed by atoms with E-state index in [0.717, 1.165) is 29.5 Å². The minimum Gasteiger partial charge on any atom is -0.396 e. The molecule has 0 bridgehead atoms. The van der Waals surface area contributed by atoms with Gasteiger partial charge in [0.2, 0.25) is 0 Å². The van der Waals surface area contributed by atoms with Gasteiger partial charge < -0.3 is 5.11 Å². The van der Waals surface area contributed by atoms with Gasteiger partial charge in [0.15, 0.2) is 0 Å². The van der Waals surface area contributed by atoms with E-state index in [1.807, 2.05) is 91.0 Å². The van der Waals surface area contributed by atoms with E-state index in [4.69, 9.17) is 5.11 Å². The van der Waals surface area contributed by atoms with Crippen molar-refractivity contribution in [2.24, 2.45) is 0 Å². The molecule has 3 aromatic rings. The summed E-state index contributed by atoms with van der Waals surface area (Å²) in [7, 11) is 0. The van der Waals surface area contributed by atoms with Gasteiger partial charge in [0.1, 0.15) is 0 Å². The third-order valence-corrected chi connectivity index (χ3v) is 3.04. The van der Waals surface area contributed by atoms with Crippen LogP contribution >= 0.6 is 0 Å². The Morgan fingerprint density at radius 1 is 0.593 bits per heavy atom. The molecule has 3 aromatic carbocycles. The third kappa shape index (κ3) is 20.1. The maximum absolute atomic E-state index is 8.07. The van der Waals surface area contributed by atoms with Gasteiger partial charge in [0.05, 0.1) is 0 Å². The number of rotatable bonds is 2. The first-order valence-electron chi connectivity index (χ1n) is 8.82. The summed E-state index contributed by atoms with van der Waals surface area (Å²) in [6.07, 6.45) is 2.04. The summed E-state index contributed by atoms with van der Waals surface area (Å²) in [6, 6.07) is 29.6. The number of hydrogen-bond acceptors (Lipinski definition) is 1. The van der Waals surface area contributed by atoms with Gasteiger partial charge in [-0.15, -0.1) is 36.4 Å². The van der Waals surface area contributed by atoms with Crippen LogP contribution in [0, 0.1) is 20.8 Å². The number of aliphatic hydroxyl groups is 1. The molecule has 0 heterocycles. The van der Waals surface area contributed by atoms with E-state index < -0.39 is 0 Å². The van der Waals surface area contributed by atoms with Gasteiger partial charge in [-0.2, -0.15) is 73.9 Å². The van der Waals surface area contributed by atoms with Gasteiger partial charge in [-0.05, 0) is 6.42 Å². The molecule has 0 aliphatic heterocycles. The summed E-state index contributed by atoms with van der Waals surface area (Å²) in [5.74, 6) is 0. The minimum absolute atomic E-state index is 0. The van der Waals surface area contributed by atoms with Crippen LogP contribution in [-0.2, 0) is 21.7 Å². The Hall–Kier alpha value is -2.06. The number of benzene rings is 3. The zero-order valence-electron chi connectivity index (χ0n) is 16.4. The van der Waals surface area contributed by atoms with Gasteiger partial charge in [0.25, 0.3) is 0 Å². The van der Waals surface area contributed by atoms with Crippen LogP contribution in [0.25, 0.3) is 0 Å². The van der Waals surface area contributed by atoms with E-state index in [0.29, 0.717) is 6.61 Å². The van der Waals surface area contributed by atoms with Crippen LogP contribution in [-0.4, -0.2) is 11.7 Å². The fourth-order valence-electron chi connectivity index (χ4n) is 1.59. The van der Waals surface area contributed by atoms with Gasteiger partial charge in [-0.1, -0.05) is 31.5 Å². The topological polar surface area (TPSA) is 20.2 Å². The molecule has 3 rings (SSSR count). The van der Waals surface area contributed by atoms with E-state index in [9.17, 15) is 0 Å². The Kier molecular flexibility index (Phi) is 20.4. The van der Waals surface area contributed by atoms with Crippen molar-refractivity contribution in [1.29, 1.82) is 0 Å². The Bertz CT molecular complexity index is 533. The fourth-order valence-corrected chi connectivity index (χ4v) is 1.59. The molecule has 0 aliphatic rings. The molecule has 27 heavy (non-hydrogen) atoms. The number of unbranched alkanes of at least 4 members (excludes halogenated alkanes) is 1. The quantitative estimate of drug-likeness (QED) is 0.394. The third-order valence-electron chi connectivity index (χ3n) is 3.04. The van der Waals surface area contributed by atoms with Crippen molar-refractivity contribution in [3.63, 3.8) is 0 Å². The number of aliphatic hydroxyl groups excluding tert-OH is 1. The van der Waals surface area contributed by atoms with Crippen LogP contribution in [0.4, 0.5) is 0 Å². The maximum Gasteiger partial charge on any atom is 3.00 e. The van der Waals surface area contributed by atoms with Crippen LogP contribution in [0.1, 0.15) is 36.5 Å². The monoisotopic (exact) mass is 395 g/mol. The first-order valence-corrected chi connectivity index (χ1v) is 8.82. The van der Waals surface area contributed by atoms with E-state index >= 15 is 0 Å². The normalized spacial score (nSPS) is 8.22. The van der Waals surface area contributed by atoms with E-state index in [1.54, 1.807) is 0 Å². The second kappa shape index (κ2) is 20.3. The molecule has 0 spiro atoms. The molecule has 0 saturated heterocycles. The van der Waals surface area contributed by atoms with Crippen LogP contribution in [0.15, 0.2) is 91.0 Å². The van der Waals surface area contributed by atoms with Crippen molar-refractivity contribution >= 4 is 0 Å². The summed E-state index contributed by atoms with van der Waals surface area (Å²) in [4.78, 5) is 0. The summed E-state index contributed by atoms with van der Waals surface area (Å²) in [6.45, 7) is 13.6. The minimum atomic E-state index is 0. The Balaban J connectivity index is 0. The van der Waals surface area contributed by atoms with Crippen molar-refractivity contribution in [3.8, 4) is 0 Å². The van der Waals surface area contributed by atoms with Gasteiger partial charge in [0, 0.05) is 6.61 Å². The Labute approximate surface area is 181 Å². The fraction of sp³-hybridized carbons (Fsp3) is 0.160. The van der Waals surface area contributed by atoms with Gasteiger partial charge >= 0.3 is 21.7 Å². The molecular formula is C25H31OTi. The molecule has 0 atom stereocenters. The average molecular weight is 395 g/mol. The van der Waals surface area contributed by atoms with Crippen molar-refractivity contribution in [1.82, 2.24) is 0 Å². The first-order chi connectivity index (χ1) is 12.6. The van der Waals surface area contributed by atoms with Crippen LogP contribution in [0.2, 0.25) is 0 Å². The smallest absolute Gasteiger partial charge is 0.396 e. The van der Waals surface area contributed by atoms with Gasteiger partial charge in [-0.25, -0.2) is 0 Å². The summed E-state index contributed by atoms with van der Waals surface area (Å²) in [5.41, 5.74) is 3.22. The zero-order chi connectivity index (χ0) is 19.5. The Morgan fingerprint density at radius 3 is 0.926 bits per heavy atom. The molecular weight excluding hydrogens is 364 g/mol. The van der Waals surface area contributed by atoms with Crippen LogP contribution in [0.5, 0.6) is 0 Å². The van der Waals surface area contributed by atoms with Gasteiger partial charge in [-0.3, -0.25) is 0 Å². The van der Waals surface area contributed by atoms with E-state index in [2.05, 4.69) is 27.7 Å². The molecule has 141 valence electrons. The van der Waals surface area contributed by atoms with Crippen molar-refractivity contribution in [2.75, 3.05) is 6.61 Å². The molecule has 1 N–H and O–H groups in total. The number of hydrogen-bond donors (Lipinski definition) is 1. The maximum atomic E-state index is 8.07. The molecule has 1 radical (unpaired) electrons. The summed E-state index contributed by atoms with van der Waals surface area (Å²) in [5, 5.41) is 8.07. The summed E-state index contributed by atoms with van der Waals surface area (Å²) >= 11 is 0.